The number of anilines is 1. The molecule has 2 aromatic carbocycles. The van der Waals surface area contributed by atoms with Crippen molar-refractivity contribution in [3.63, 3.8) is 0 Å². The number of nitrogens with one attached hydrogen (secondary N) is 2. The number of hydrogen-bond acceptors (Lipinski definition) is 4. The molecule has 0 bridgehead atoms. The Hall–Kier alpha value is -2.86. The van der Waals surface area contributed by atoms with E-state index in [-0.39, 0.29) is 11.5 Å². The van der Waals surface area contributed by atoms with Gasteiger partial charge in [0.1, 0.15) is 5.75 Å². The fourth-order valence-corrected chi connectivity index (χ4v) is 2.60. The standard InChI is InChI=1S/C17H13ClN2O4/c1-2-24-14-6-3-9(7-13(14)18)15(21)19-10-4-5-11-12(8-10)17(23)20-16(11)22/h3-8H,2H2,1H3,(H,19,21)(H,20,22,23). The number of benzene rings is 2. The number of amides is 3. The van der Waals surface area contributed by atoms with Gasteiger partial charge in [-0.25, -0.2) is 0 Å². The van der Waals surface area contributed by atoms with E-state index in [1.165, 1.54) is 18.2 Å². The molecule has 1 heterocycles. The van der Waals surface area contributed by atoms with E-state index in [1.807, 2.05) is 6.92 Å². The molecule has 1 aliphatic heterocycles. The van der Waals surface area contributed by atoms with Crippen LogP contribution in [0.25, 0.3) is 0 Å². The molecule has 0 saturated heterocycles. The van der Waals surface area contributed by atoms with E-state index in [1.54, 1.807) is 18.2 Å². The third kappa shape index (κ3) is 2.96. The van der Waals surface area contributed by atoms with Gasteiger partial charge in [-0.05, 0) is 43.3 Å². The second-order valence-corrected chi connectivity index (χ2v) is 5.48. The topological polar surface area (TPSA) is 84.5 Å². The fraction of sp³-hybridized carbons (Fsp3) is 0.118. The van der Waals surface area contributed by atoms with Crippen LogP contribution in [0.3, 0.4) is 0 Å². The molecule has 7 heteroatoms. The summed E-state index contributed by atoms with van der Waals surface area (Å²) < 4.78 is 5.32. The van der Waals surface area contributed by atoms with Crippen LogP contribution < -0.4 is 15.4 Å². The Balaban J connectivity index is 1.81. The Bertz CT molecular complexity index is 864. The summed E-state index contributed by atoms with van der Waals surface area (Å²) in [5, 5.41) is 5.21. The fourth-order valence-electron chi connectivity index (χ4n) is 2.36. The van der Waals surface area contributed by atoms with E-state index in [4.69, 9.17) is 16.3 Å². The minimum Gasteiger partial charge on any atom is -0.492 e. The zero-order valence-electron chi connectivity index (χ0n) is 12.7. The summed E-state index contributed by atoms with van der Waals surface area (Å²) in [4.78, 5) is 35.5. The minimum atomic E-state index is -0.477. The van der Waals surface area contributed by atoms with Gasteiger partial charge >= 0.3 is 0 Å². The zero-order valence-corrected chi connectivity index (χ0v) is 13.4. The molecule has 3 rings (SSSR count). The molecular formula is C17H13ClN2O4. The van der Waals surface area contributed by atoms with Gasteiger partial charge in [0.15, 0.2) is 0 Å². The highest BCUT2D eigenvalue weighted by Crippen LogP contribution is 2.26. The summed E-state index contributed by atoms with van der Waals surface area (Å²) >= 11 is 6.07. The first-order chi connectivity index (χ1) is 11.5. The summed E-state index contributed by atoms with van der Waals surface area (Å²) in [6.45, 7) is 2.31. The van der Waals surface area contributed by atoms with Crippen LogP contribution in [-0.2, 0) is 0 Å². The van der Waals surface area contributed by atoms with Gasteiger partial charge in [0.2, 0.25) is 0 Å². The van der Waals surface area contributed by atoms with Crippen molar-refractivity contribution in [2.24, 2.45) is 0 Å². The third-order valence-electron chi connectivity index (χ3n) is 3.49. The molecule has 0 unspecified atom stereocenters. The van der Waals surface area contributed by atoms with Crippen molar-refractivity contribution < 1.29 is 19.1 Å². The summed E-state index contributed by atoms with van der Waals surface area (Å²) in [6.07, 6.45) is 0. The average molecular weight is 345 g/mol. The van der Waals surface area contributed by atoms with Crippen molar-refractivity contribution in [2.75, 3.05) is 11.9 Å². The molecule has 2 aromatic rings. The largest absolute Gasteiger partial charge is 0.492 e. The number of ether oxygens (including phenoxy) is 1. The smallest absolute Gasteiger partial charge is 0.259 e. The van der Waals surface area contributed by atoms with Gasteiger partial charge in [0.25, 0.3) is 17.7 Å². The Morgan fingerprint density at radius 2 is 1.88 bits per heavy atom. The lowest BCUT2D eigenvalue weighted by Crippen LogP contribution is -2.19. The van der Waals surface area contributed by atoms with E-state index in [9.17, 15) is 14.4 Å². The first-order valence-corrected chi connectivity index (χ1v) is 7.61. The second-order valence-electron chi connectivity index (χ2n) is 5.08. The predicted molar refractivity (Wildman–Crippen MR) is 88.8 cm³/mol. The molecule has 0 fully saturated rings. The number of halogens is 1. The molecule has 0 saturated carbocycles. The molecular weight excluding hydrogens is 332 g/mol. The van der Waals surface area contributed by atoms with Gasteiger partial charge in [-0.2, -0.15) is 0 Å². The van der Waals surface area contributed by atoms with E-state index in [0.29, 0.717) is 34.2 Å². The highest BCUT2D eigenvalue weighted by molar-refractivity contribution is 6.32. The number of carbonyl (C=O) groups excluding carboxylic acids is 3. The number of fused-ring (bicyclic) bond motifs is 1. The summed E-state index contributed by atoms with van der Waals surface area (Å²) in [7, 11) is 0. The monoisotopic (exact) mass is 344 g/mol. The average Bonchev–Trinajstić information content (AvgIpc) is 2.83. The van der Waals surface area contributed by atoms with Crippen molar-refractivity contribution in [3.8, 4) is 5.75 Å². The Morgan fingerprint density at radius 3 is 2.58 bits per heavy atom. The maximum absolute atomic E-state index is 12.3. The first kappa shape index (κ1) is 16.0. The van der Waals surface area contributed by atoms with Crippen LogP contribution in [0.5, 0.6) is 5.75 Å². The molecule has 0 spiro atoms. The van der Waals surface area contributed by atoms with Crippen molar-refractivity contribution >= 4 is 35.0 Å². The molecule has 122 valence electrons. The lowest BCUT2D eigenvalue weighted by Gasteiger charge is -2.09. The number of imide groups is 1. The quantitative estimate of drug-likeness (QED) is 0.835. The number of rotatable bonds is 4. The summed E-state index contributed by atoms with van der Waals surface area (Å²) in [5.41, 5.74) is 1.29. The maximum atomic E-state index is 12.3. The van der Waals surface area contributed by atoms with Crippen LogP contribution in [0.2, 0.25) is 5.02 Å². The van der Waals surface area contributed by atoms with Gasteiger partial charge in [0, 0.05) is 11.3 Å². The van der Waals surface area contributed by atoms with Crippen molar-refractivity contribution in [1.29, 1.82) is 0 Å². The van der Waals surface area contributed by atoms with Crippen molar-refractivity contribution in [1.82, 2.24) is 5.32 Å². The van der Waals surface area contributed by atoms with Crippen LogP contribution in [-0.4, -0.2) is 24.3 Å². The van der Waals surface area contributed by atoms with E-state index in [0.717, 1.165) is 0 Å². The normalized spacial score (nSPS) is 12.6. The van der Waals surface area contributed by atoms with E-state index < -0.39 is 11.8 Å². The lowest BCUT2D eigenvalue weighted by molar-refractivity contribution is 0.0878. The Morgan fingerprint density at radius 1 is 1.12 bits per heavy atom. The van der Waals surface area contributed by atoms with E-state index in [2.05, 4.69) is 10.6 Å². The number of hydrogen-bond donors (Lipinski definition) is 2. The second kappa shape index (κ2) is 6.33. The zero-order chi connectivity index (χ0) is 17.3. The molecule has 24 heavy (non-hydrogen) atoms. The Labute approximate surface area is 142 Å². The van der Waals surface area contributed by atoms with Gasteiger partial charge in [-0.15, -0.1) is 0 Å². The van der Waals surface area contributed by atoms with Crippen LogP contribution in [0.15, 0.2) is 36.4 Å². The highest BCUT2D eigenvalue weighted by atomic mass is 35.5. The first-order valence-electron chi connectivity index (χ1n) is 7.23. The molecule has 0 radical (unpaired) electrons. The Kier molecular flexibility index (Phi) is 4.22. The van der Waals surface area contributed by atoms with Crippen LogP contribution in [0, 0.1) is 0 Å². The SMILES string of the molecule is CCOc1ccc(C(=O)Nc2ccc3c(c2)C(=O)NC3=O)cc1Cl. The summed E-state index contributed by atoms with van der Waals surface area (Å²) in [6, 6.07) is 9.24. The van der Waals surface area contributed by atoms with Crippen LogP contribution >= 0.6 is 11.6 Å². The summed E-state index contributed by atoms with van der Waals surface area (Å²) in [5.74, 6) is -0.797. The van der Waals surface area contributed by atoms with Crippen molar-refractivity contribution in [2.45, 2.75) is 6.92 Å². The molecule has 0 aromatic heterocycles. The minimum absolute atomic E-state index is 0.238. The van der Waals surface area contributed by atoms with E-state index >= 15 is 0 Å². The van der Waals surface area contributed by atoms with Gasteiger partial charge < -0.3 is 10.1 Å². The van der Waals surface area contributed by atoms with Crippen LogP contribution in [0.1, 0.15) is 38.0 Å². The highest BCUT2D eigenvalue weighted by Gasteiger charge is 2.26. The molecule has 1 aliphatic rings. The molecule has 0 aliphatic carbocycles. The third-order valence-corrected chi connectivity index (χ3v) is 3.78. The lowest BCUT2D eigenvalue weighted by atomic mass is 10.1. The predicted octanol–water partition coefficient (Wildman–Crippen LogP) is 2.87. The van der Waals surface area contributed by atoms with Crippen molar-refractivity contribution in [3.05, 3.63) is 58.1 Å². The van der Waals surface area contributed by atoms with Gasteiger partial charge in [-0.3, -0.25) is 19.7 Å². The maximum Gasteiger partial charge on any atom is 0.259 e. The van der Waals surface area contributed by atoms with Gasteiger partial charge in [-0.1, -0.05) is 11.6 Å². The number of carbonyl (C=O) groups is 3. The molecule has 2 N–H and O–H groups in total. The molecule has 6 nitrogen and oxygen atoms in total. The van der Waals surface area contributed by atoms with Crippen LogP contribution in [0.4, 0.5) is 5.69 Å². The molecule has 0 atom stereocenters. The van der Waals surface area contributed by atoms with Gasteiger partial charge in [0.05, 0.1) is 22.8 Å². The molecule has 3 amide bonds.